The molecule has 0 spiro atoms. The molecule has 0 radical (unpaired) electrons. The van der Waals surface area contributed by atoms with Crippen LogP contribution in [0.1, 0.15) is 24.2 Å². The van der Waals surface area contributed by atoms with Gasteiger partial charge in [0.2, 0.25) is 0 Å². The van der Waals surface area contributed by atoms with Crippen molar-refractivity contribution in [2.45, 2.75) is 13.8 Å². The van der Waals surface area contributed by atoms with Crippen LogP contribution in [0.4, 0.5) is 5.69 Å². The molecule has 0 saturated heterocycles. The van der Waals surface area contributed by atoms with Gasteiger partial charge in [-0.05, 0) is 12.0 Å². The van der Waals surface area contributed by atoms with Gasteiger partial charge in [-0.15, -0.1) is 0 Å². The minimum Gasteiger partial charge on any atom is -0.496 e. The lowest BCUT2D eigenvalue weighted by molar-refractivity contribution is -0.384. The number of ether oxygens (including phenoxy) is 1. The van der Waals surface area contributed by atoms with Crippen molar-refractivity contribution >= 4 is 11.6 Å². The van der Waals surface area contributed by atoms with Crippen molar-refractivity contribution in [2.24, 2.45) is 5.92 Å². The number of benzene rings is 1. The molecule has 0 atom stereocenters. The van der Waals surface area contributed by atoms with Crippen LogP contribution >= 0.6 is 0 Å². The summed E-state index contributed by atoms with van der Waals surface area (Å²) < 4.78 is 4.96. The number of rotatable bonds is 6. The van der Waals surface area contributed by atoms with Gasteiger partial charge in [-0.3, -0.25) is 19.7 Å². The van der Waals surface area contributed by atoms with E-state index in [4.69, 9.17) is 9.57 Å². The van der Waals surface area contributed by atoms with Gasteiger partial charge in [0.05, 0.1) is 30.3 Å². The molecule has 0 fully saturated rings. The van der Waals surface area contributed by atoms with E-state index in [2.05, 4.69) is 5.48 Å². The quantitative estimate of drug-likeness (QED) is 0.628. The minimum atomic E-state index is -0.556. The van der Waals surface area contributed by atoms with Crippen LogP contribution in [0.25, 0.3) is 0 Å². The van der Waals surface area contributed by atoms with Crippen LogP contribution in [-0.4, -0.2) is 24.5 Å². The van der Waals surface area contributed by atoms with Crippen LogP contribution in [0.15, 0.2) is 18.2 Å². The van der Waals surface area contributed by atoms with Crippen molar-refractivity contribution in [1.82, 2.24) is 5.48 Å². The van der Waals surface area contributed by atoms with Gasteiger partial charge in [0, 0.05) is 6.07 Å². The molecule has 0 aliphatic carbocycles. The third-order valence-corrected chi connectivity index (χ3v) is 2.22. The summed E-state index contributed by atoms with van der Waals surface area (Å²) >= 11 is 0. The number of methoxy groups -OCH3 is 1. The third-order valence-electron chi connectivity index (χ3n) is 2.22. The summed E-state index contributed by atoms with van der Waals surface area (Å²) in [6.07, 6.45) is 0. The van der Waals surface area contributed by atoms with Crippen molar-refractivity contribution in [3.05, 3.63) is 33.9 Å². The molecule has 0 bridgehead atoms. The topological polar surface area (TPSA) is 90.7 Å². The van der Waals surface area contributed by atoms with Crippen molar-refractivity contribution < 1.29 is 19.3 Å². The molecule has 0 aliphatic rings. The number of carbonyl (C=O) groups is 1. The van der Waals surface area contributed by atoms with E-state index in [-0.39, 0.29) is 22.9 Å². The molecule has 0 aliphatic heterocycles. The van der Waals surface area contributed by atoms with Gasteiger partial charge in [-0.25, -0.2) is 5.48 Å². The van der Waals surface area contributed by atoms with Crippen molar-refractivity contribution in [2.75, 3.05) is 13.7 Å². The second-order valence-corrected chi connectivity index (χ2v) is 4.28. The summed E-state index contributed by atoms with van der Waals surface area (Å²) in [7, 11) is 1.34. The maximum Gasteiger partial charge on any atom is 0.278 e. The molecular weight excluding hydrogens is 252 g/mol. The monoisotopic (exact) mass is 268 g/mol. The first-order valence-corrected chi connectivity index (χ1v) is 5.70. The number of nitrogens with one attached hydrogen (secondary N) is 1. The molecule has 0 unspecified atom stereocenters. The van der Waals surface area contributed by atoms with Gasteiger partial charge in [0.25, 0.3) is 11.6 Å². The van der Waals surface area contributed by atoms with Crippen LogP contribution in [0.3, 0.4) is 0 Å². The molecule has 7 nitrogen and oxygen atoms in total. The number of hydrogen-bond donors (Lipinski definition) is 1. The standard InChI is InChI=1S/C12H16N2O5/c1-8(2)7-19-13-12(15)10-5-4-9(14(16)17)6-11(10)18-3/h4-6,8H,7H2,1-3H3,(H,13,15). The Morgan fingerprint density at radius 2 is 2.16 bits per heavy atom. The van der Waals surface area contributed by atoms with Crippen molar-refractivity contribution in [3.63, 3.8) is 0 Å². The zero-order chi connectivity index (χ0) is 14.4. The van der Waals surface area contributed by atoms with Gasteiger partial charge in [0.1, 0.15) is 5.75 Å². The van der Waals surface area contributed by atoms with Crippen LogP contribution in [0, 0.1) is 16.0 Å². The zero-order valence-corrected chi connectivity index (χ0v) is 11.0. The third kappa shape index (κ3) is 4.22. The average molecular weight is 268 g/mol. The largest absolute Gasteiger partial charge is 0.496 e. The fourth-order valence-corrected chi connectivity index (χ4v) is 1.31. The second kappa shape index (κ2) is 6.69. The molecule has 1 rings (SSSR count). The highest BCUT2D eigenvalue weighted by atomic mass is 16.7. The fourth-order valence-electron chi connectivity index (χ4n) is 1.31. The highest BCUT2D eigenvalue weighted by molar-refractivity contribution is 5.96. The number of nitro groups is 1. The second-order valence-electron chi connectivity index (χ2n) is 4.28. The van der Waals surface area contributed by atoms with Crippen molar-refractivity contribution in [1.29, 1.82) is 0 Å². The Morgan fingerprint density at radius 1 is 1.47 bits per heavy atom. The molecule has 0 heterocycles. The summed E-state index contributed by atoms with van der Waals surface area (Å²) in [4.78, 5) is 26.9. The number of hydrogen-bond acceptors (Lipinski definition) is 5. The molecule has 19 heavy (non-hydrogen) atoms. The maximum atomic E-state index is 11.8. The first kappa shape index (κ1) is 14.9. The number of nitrogens with zero attached hydrogens (tertiary/aromatic N) is 1. The number of carbonyl (C=O) groups excluding carboxylic acids is 1. The van der Waals surface area contributed by atoms with E-state index >= 15 is 0 Å². The Labute approximate surface area is 110 Å². The van der Waals surface area contributed by atoms with Gasteiger partial charge in [-0.2, -0.15) is 0 Å². The maximum absolute atomic E-state index is 11.8. The molecule has 0 aromatic heterocycles. The van der Waals surface area contributed by atoms with Crippen LogP contribution in [0.2, 0.25) is 0 Å². The summed E-state index contributed by atoms with van der Waals surface area (Å²) in [5.74, 6) is -0.105. The van der Waals surface area contributed by atoms with Crippen LogP contribution < -0.4 is 10.2 Å². The van der Waals surface area contributed by atoms with Crippen LogP contribution in [-0.2, 0) is 4.84 Å². The van der Waals surface area contributed by atoms with E-state index in [0.717, 1.165) is 0 Å². The zero-order valence-electron chi connectivity index (χ0n) is 11.0. The fraction of sp³-hybridized carbons (Fsp3) is 0.417. The highest BCUT2D eigenvalue weighted by Crippen LogP contribution is 2.24. The predicted molar refractivity (Wildman–Crippen MR) is 67.9 cm³/mol. The Hall–Kier alpha value is -2.15. The van der Waals surface area contributed by atoms with E-state index in [1.807, 2.05) is 13.8 Å². The molecule has 1 amide bonds. The summed E-state index contributed by atoms with van der Waals surface area (Å²) in [6.45, 7) is 4.26. The Kier molecular flexibility index (Phi) is 5.25. The van der Waals surface area contributed by atoms with E-state index in [1.165, 1.54) is 25.3 Å². The molecule has 0 saturated carbocycles. The number of amides is 1. The number of hydroxylamine groups is 1. The SMILES string of the molecule is COc1cc([N+](=O)[O-])ccc1C(=O)NOCC(C)C. The van der Waals surface area contributed by atoms with Gasteiger partial charge < -0.3 is 4.74 Å². The molecule has 1 N–H and O–H groups in total. The predicted octanol–water partition coefficient (Wildman–Crippen LogP) is 1.92. The van der Waals surface area contributed by atoms with E-state index in [0.29, 0.717) is 6.61 Å². The van der Waals surface area contributed by atoms with E-state index in [1.54, 1.807) is 0 Å². The first-order valence-electron chi connectivity index (χ1n) is 5.70. The van der Waals surface area contributed by atoms with E-state index < -0.39 is 10.8 Å². The molecule has 1 aromatic rings. The lowest BCUT2D eigenvalue weighted by Gasteiger charge is -2.10. The molecule has 104 valence electrons. The van der Waals surface area contributed by atoms with Gasteiger partial charge in [-0.1, -0.05) is 13.8 Å². The van der Waals surface area contributed by atoms with Gasteiger partial charge >= 0.3 is 0 Å². The van der Waals surface area contributed by atoms with Gasteiger partial charge in [0.15, 0.2) is 0 Å². The molecule has 7 heteroatoms. The Balaban J connectivity index is 2.82. The Bertz CT molecular complexity index is 473. The smallest absolute Gasteiger partial charge is 0.278 e. The minimum absolute atomic E-state index is 0.125. The number of nitro benzene ring substituents is 1. The molecular formula is C12H16N2O5. The number of non-ortho nitro benzene ring substituents is 1. The average Bonchev–Trinajstić information content (AvgIpc) is 2.37. The summed E-state index contributed by atoms with van der Waals surface area (Å²) in [6, 6.07) is 3.75. The van der Waals surface area contributed by atoms with Crippen LogP contribution in [0.5, 0.6) is 5.75 Å². The van der Waals surface area contributed by atoms with Crippen molar-refractivity contribution in [3.8, 4) is 5.75 Å². The Morgan fingerprint density at radius 3 is 2.68 bits per heavy atom. The normalized spacial score (nSPS) is 10.3. The summed E-state index contributed by atoms with van der Waals surface area (Å²) in [5.41, 5.74) is 2.30. The first-order chi connectivity index (χ1) is 8.95. The van der Waals surface area contributed by atoms with E-state index in [9.17, 15) is 14.9 Å². The lowest BCUT2D eigenvalue weighted by atomic mass is 10.1. The highest BCUT2D eigenvalue weighted by Gasteiger charge is 2.16. The lowest BCUT2D eigenvalue weighted by Crippen LogP contribution is -2.26. The molecule has 1 aromatic carbocycles. The summed E-state index contributed by atoms with van der Waals surface area (Å²) in [5, 5.41) is 10.6.